The highest BCUT2D eigenvalue weighted by atomic mass is 16.5. The molecule has 0 unspecified atom stereocenters. The van der Waals surface area contributed by atoms with Crippen LogP contribution < -0.4 is 5.73 Å². The molecule has 0 bridgehead atoms. The Hall–Kier alpha value is -1.02. The van der Waals surface area contributed by atoms with E-state index in [9.17, 15) is 0 Å². The van der Waals surface area contributed by atoms with E-state index in [2.05, 4.69) is 19.9 Å². The van der Waals surface area contributed by atoms with Gasteiger partial charge in [0, 0.05) is 5.69 Å². The monoisotopic (exact) mass is 233 g/mol. The summed E-state index contributed by atoms with van der Waals surface area (Å²) in [6.45, 7) is 5.10. The van der Waals surface area contributed by atoms with E-state index in [1.165, 1.54) is 31.2 Å². The lowest BCUT2D eigenvalue weighted by Crippen LogP contribution is -2.20. The van der Waals surface area contributed by atoms with Crippen LogP contribution in [-0.2, 0) is 11.3 Å². The first kappa shape index (κ1) is 12.4. The van der Waals surface area contributed by atoms with Crippen molar-refractivity contribution in [1.29, 1.82) is 0 Å². The highest BCUT2D eigenvalue weighted by Crippen LogP contribution is 2.26. The molecule has 2 rings (SSSR count). The van der Waals surface area contributed by atoms with Gasteiger partial charge in [0.25, 0.3) is 0 Å². The molecule has 0 aromatic heterocycles. The highest BCUT2D eigenvalue weighted by Gasteiger charge is 2.18. The average molecular weight is 233 g/mol. The number of hydrogen-bond acceptors (Lipinski definition) is 2. The topological polar surface area (TPSA) is 35.2 Å². The molecule has 1 aliphatic rings. The molecule has 17 heavy (non-hydrogen) atoms. The van der Waals surface area contributed by atoms with Gasteiger partial charge in [-0.25, -0.2) is 0 Å². The van der Waals surface area contributed by atoms with Crippen LogP contribution in [0.2, 0.25) is 0 Å². The van der Waals surface area contributed by atoms with Gasteiger partial charge in [0.15, 0.2) is 0 Å². The van der Waals surface area contributed by atoms with Gasteiger partial charge in [0.1, 0.15) is 0 Å². The van der Waals surface area contributed by atoms with Crippen molar-refractivity contribution in [3.8, 4) is 0 Å². The van der Waals surface area contributed by atoms with Crippen LogP contribution in [0.3, 0.4) is 0 Å². The first-order valence-electron chi connectivity index (χ1n) is 6.62. The first-order valence-corrected chi connectivity index (χ1v) is 6.62. The van der Waals surface area contributed by atoms with E-state index in [0.29, 0.717) is 12.7 Å². The normalized spacial score (nSPS) is 24.8. The Morgan fingerprint density at radius 3 is 2.65 bits per heavy atom. The van der Waals surface area contributed by atoms with Gasteiger partial charge in [-0.15, -0.1) is 0 Å². The van der Waals surface area contributed by atoms with Gasteiger partial charge in [-0.3, -0.25) is 0 Å². The Labute approximate surface area is 104 Å². The van der Waals surface area contributed by atoms with Gasteiger partial charge < -0.3 is 10.5 Å². The molecule has 0 aliphatic heterocycles. The Morgan fingerprint density at radius 1 is 1.24 bits per heavy atom. The Morgan fingerprint density at radius 2 is 1.94 bits per heavy atom. The summed E-state index contributed by atoms with van der Waals surface area (Å²) in [5, 5.41) is 0. The predicted molar refractivity (Wildman–Crippen MR) is 71.8 cm³/mol. The molecular formula is C15H23NO. The van der Waals surface area contributed by atoms with E-state index in [-0.39, 0.29) is 0 Å². The highest BCUT2D eigenvalue weighted by molar-refractivity contribution is 5.49. The number of nitrogens with two attached hydrogens (primary N) is 1. The first-order chi connectivity index (χ1) is 8.16. The van der Waals surface area contributed by atoms with Crippen LogP contribution in [0.4, 0.5) is 5.69 Å². The molecule has 1 aliphatic carbocycles. The second-order valence-electron chi connectivity index (χ2n) is 5.32. The standard InChI is InChI=1S/C15H23NO/c1-11-6-8-14(9-7-11)17-10-13-4-3-5-15(16)12(13)2/h3-5,11,14H,6-10,16H2,1-2H3. The lowest BCUT2D eigenvalue weighted by atomic mass is 9.89. The van der Waals surface area contributed by atoms with Crippen molar-refractivity contribution < 1.29 is 4.74 Å². The van der Waals surface area contributed by atoms with Gasteiger partial charge in [0.05, 0.1) is 12.7 Å². The number of benzene rings is 1. The summed E-state index contributed by atoms with van der Waals surface area (Å²) in [7, 11) is 0. The molecule has 0 amide bonds. The van der Waals surface area contributed by atoms with Crippen molar-refractivity contribution in [1.82, 2.24) is 0 Å². The van der Waals surface area contributed by atoms with Crippen molar-refractivity contribution in [2.24, 2.45) is 5.92 Å². The van der Waals surface area contributed by atoms with Crippen LogP contribution in [0.15, 0.2) is 18.2 Å². The van der Waals surface area contributed by atoms with Gasteiger partial charge in [0.2, 0.25) is 0 Å². The average Bonchev–Trinajstić information content (AvgIpc) is 2.33. The Balaban J connectivity index is 1.87. The maximum absolute atomic E-state index is 6.00. The fourth-order valence-corrected chi connectivity index (χ4v) is 2.46. The van der Waals surface area contributed by atoms with Crippen molar-refractivity contribution in [2.45, 2.75) is 52.2 Å². The zero-order valence-electron chi connectivity index (χ0n) is 10.9. The molecule has 1 aromatic carbocycles. The Bertz CT molecular complexity index is 367. The minimum atomic E-state index is 0.451. The number of nitrogen functional groups attached to an aromatic ring is 1. The van der Waals surface area contributed by atoms with Gasteiger partial charge in [-0.1, -0.05) is 19.1 Å². The maximum Gasteiger partial charge on any atom is 0.0723 e. The van der Waals surface area contributed by atoms with Crippen LogP contribution in [0.25, 0.3) is 0 Å². The number of ether oxygens (including phenoxy) is 1. The molecule has 0 radical (unpaired) electrons. The van der Waals surface area contributed by atoms with E-state index in [0.717, 1.165) is 17.2 Å². The number of rotatable bonds is 3. The number of hydrogen-bond donors (Lipinski definition) is 1. The van der Waals surface area contributed by atoms with Gasteiger partial charge >= 0.3 is 0 Å². The molecule has 0 saturated heterocycles. The van der Waals surface area contributed by atoms with Crippen molar-refractivity contribution in [3.05, 3.63) is 29.3 Å². The van der Waals surface area contributed by atoms with Crippen molar-refractivity contribution >= 4 is 5.69 Å². The summed E-state index contributed by atoms with van der Waals surface area (Å²) in [4.78, 5) is 0. The van der Waals surface area contributed by atoms with E-state index >= 15 is 0 Å². The molecule has 2 heteroatoms. The van der Waals surface area contributed by atoms with E-state index in [1.54, 1.807) is 0 Å². The summed E-state index contributed by atoms with van der Waals surface area (Å²) in [5.41, 5.74) is 9.15. The predicted octanol–water partition coefficient (Wildman–Crippen LogP) is 3.67. The van der Waals surface area contributed by atoms with Crippen molar-refractivity contribution in [2.75, 3.05) is 5.73 Å². The molecule has 1 fully saturated rings. The summed E-state index contributed by atoms with van der Waals surface area (Å²) in [5.74, 6) is 0.879. The fourth-order valence-electron chi connectivity index (χ4n) is 2.46. The lowest BCUT2D eigenvalue weighted by molar-refractivity contribution is 0.00859. The zero-order chi connectivity index (χ0) is 12.3. The molecule has 94 valence electrons. The summed E-state index contributed by atoms with van der Waals surface area (Å²) in [6, 6.07) is 6.06. The largest absolute Gasteiger partial charge is 0.399 e. The molecule has 0 atom stereocenters. The summed E-state index contributed by atoms with van der Waals surface area (Å²) in [6.07, 6.45) is 5.48. The molecule has 0 spiro atoms. The minimum absolute atomic E-state index is 0.451. The molecule has 1 aromatic rings. The smallest absolute Gasteiger partial charge is 0.0723 e. The maximum atomic E-state index is 6.00. The summed E-state index contributed by atoms with van der Waals surface area (Å²) < 4.78 is 6.00. The van der Waals surface area contributed by atoms with Crippen LogP contribution in [0.1, 0.15) is 43.7 Å². The molecular weight excluding hydrogens is 210 g/mol. The van der Waals surface area contributed by atoms with Crippen LogP contribution in [0, 0.1) is 12.8 Å². The second-order valence-corrected chi connectivity index (χ2v) is 5.32. The minimum Gasteiger partial charge on any atom is -0.399 e. The zero-order valence-corrected chi connectivity index (χ0v) is 10.9. The lowest BCUT2D eigenvalue weighted by Gasteiger charge is -2.26. The molecule has 1 saturated carbocycles. The third-order valence-corrected chi connectivity index (χ3v) is 3.93. The van der Waals surface area contributed by atoms with E-state index in [4.69, 9.17) is 10.5 Å². The van der Waals surface area contributed by atoms with Crippen molar-refractivity contribution in [3.63, 3.8) is 0 Å². The second kappa shape index (κ2) is 5.54. The van der Waals surface area contributed by atoms with Crippen LogP contribution in [0.5, 0.6) is 0 Å². The molecule has 2 N–H and O–H groups in total. The quantitative estimate of drug-likeness (QED) is 0.808. The molecule has 0 heterocycles. The van der Waals surface area contributed by atoms with Crippen LogP contribution in [-0.4, -0.2) is 6.10 Å². The van der Waals surface area contributed by atoms with E-state index < -0.39 is 0 Å². The third-order valence-electron chi connectivity index (χ3n) is 3.93. The Kier molecular flexibility index (Phi) is 4.06. The summed E-state index contributed by atoms with van der Waals surface area (Å²) >= 11 is 0. The SMILES string of the molecule is Cc1c(N)cccc1COC1CCC(C)CC1. The van der Waals surface area contributed by atoms with Crippen LogP contribution >= 0.6 is 0 Å². The molecule has 2 nitrogen and oxygen atoms in total. The van der Waals surface area contributed by atoms with Gasteiger partial charge in [-0.2, -0.15) is 0 Å². The third kappa shape index (κ3) is 3.22. The fraction of sp³-hybridized carbons (Fsp3) is 0.600. The van der Waals surface area contributed by atoms with Gasteiger partial charge in [-0.05, 0) is 55.7 Å². The number of anilines is 1. The van der Waals surface area contributed by atoms with E-state index in [1.807, 2.05) is 12.1 Å².